The molecule has 3 aromatic heterocycles. The standard InChI is InChI=1S/C17H15F4N7O/c18-15-24-7-10-12(27-15)9(6-23-10)13-22-5-2-11(26-13)28-16(3-1-4-16)14(29)25-8-17(19,20)21/h2,5-7,23H,1,3-4,8H2,(H,25,29)(H,22,26,28). The number of aromatic amines is 1. The van der Waals surface area contributed by atoms with Crippen LogP contribution in [0.2, 0.25) is 0 Å². The highest BCUT2D eigenvalue weighted by molar-refractivity contribution is 5.91. The quantitative estimate of drug-likeness (QED) is 0.442. The first-order valence-corrected chi connectivity index (χ1v) is 8.72. The highest BCUT2D eigenvalue weighted by atomic mass is 19.4. The van der Waals surface area contributed by atoms with E-state index in [9.17, 15) is 22.4 Å². The summed E-state index contributed by atoms with van der Waals surface area (Å²) in [5.74, 6) is -0.256. The lowest BCUT2D eigenvalue weighted by Gasteiger charge is -2.41. The first-order chi connectivity index (χ1) is 13.8. The zero-order valence-corrected chi connectivity index (χ0v) is 14.8. The maximum atomic E-state index is 13.4. The predicted octanol–water partition coefficient (Wildman–Crippen LogP) is 2.57. The molecule has 4 rings (SSSR count). The number of nitrogens with zero attached hydrogens (tertiary/aromatic N) is 4. The van der Waals surface area contributed by atoms with Crippen LogP contribution < -0.4 is 10.6 Å². The third-order valence-electron chi connectivity index (χ3n) is 4.74. The Morgan fingerprint density at radius 2 is 2.03 bits per heavy atom. The Morgan fingerprint density at radius 3 is 2.72 bits per heavy atom. The molecule has 0 atom stereocenters. The van der Waals surface area contributed by atoms with Gasteiger partial charge in [0.1, 0.15) is 23.4 Å². The summed E-state index contributed by atoms with van der Waals surface area (Å²) in [7, 11) is 0. The lowest BCUT2D eigenvalue weighted by Crippen LogP contribution is -2.58. The monoisotopic (exact) mass is 409 g/mol. The molecule has 0 aliphatic heterocycles. The Kier molecular flexibility index (Phi) is 4.55. The molecule has 0 aromatic carbocycles. The second-order valence-electron chi connectivity index (χ2n) is 6.73. The zero-order valence-electron chi connectivity index (χ0n) is 14.8. The molecule has 0 unspecified atom stereocenters. The number of carbonyl (C=O) groups is 1. The van der Waals surface area contributed by atoms with E-state index in [1.165, 1.54) is 18.5 Å². The number of amides is 1. The lowest BCUT2D eigenvalue weighted by atomic mass is 9.76. The van der Waals surface area contributed by atoms with E-state index in [1.807, 2.05) is 5.32 Å². The molecule has 0 radical (unpaired) electrons. The van der Waals surface area contributed by atoms with Crippen molar-refractivity contribution in [2.75, 3.05) is 11.9 Å². The van der Waals surface area contributed by atoms with Crippen molar-refractivity contribution in [3.8, 4) is 11.4 Å². The molecule has 152 valence electrons. The van der Waals surface area contributed by atoms with Crippen molar-refractivity contribution in [3.05, 3.63) is 30.7 Å². The molecule has 12 heteroatoms. The summed E-state index contributed by atoms with van der Waals surface area (Å²) in [4.78, 5) is 30.9. The van der Waals surface area contributed by atoms with E-state index in [0.717, 1.165) is 0 Å². The zero-order chi connectivity index (χ0) is 20.6. The van der Waals surface area contributed by atoms with Gasteiger partial charge in [0.25, 0.3) is 0 Å². The van der Waals surface area contributed by atoms with Crippen LogP contribution in [0, 0.1) is 6.08 Å². The van der Waals surface area contributed by atoms with E-state index in [1.54, 1.807) is 6.20 Å². The number of fused-ring (bicyclic) bond motifs is 1. The summed E-state index contributed by atoms with van der Waals surface area (Å²) in [5.41, 5.74) is 0.0427. The van der Waals surface area contributed by atoms with Gasteiger partial charge in [-0.25, -0.2) is 15.0 Å². The lowest BCUT2D eigenvalue weighted by molar-refractivity contribution is -0.142. The van der Waals surface area contributed by atoms with Gasteiger partial charge in [0.05, 0.1) is 17.3 Å². The van der Waals surface area contributed by atoms with E-state index in [4.69, 9.17) is 0 Å². The van der Waals surface area contributed by atoms with Gasteiger partial charge >= 0.3 is 12.3 Å². The second-order valence-corrected chi connectivity index (χ2v) is 6.73. The van der Waals surface area contributed by atoms with Gasteiger partial charge in [-0.3, -0.25) is 4.79 Å². The molecular formula is C17H15F4N7O. The van der Waals surface area contributed by atoms with Gasteiger partial charge in [0.15, 0.2) is 5.82 Å². The topological polar surface area (TPSA) is 108 Å². The average molecular weight is 409 g/mol. The summed E-state index contributed by atoms with van der Waals surface area (Å²) in [6, 6.07) is 1.50. The minimum Gasteiger partial charge on any atom is -0.358 e. The van der Waals surface area contributed by atoms with Crippen LogP contribution in [0.1, 0.15) is 19.3 Å². The Morgan fingerprint density at radius 1 is 1.24 bits per heavy atom. The van der Waals surface area contributed by atoms with Gasteiger partial charge in [-0.15, -0.1) is 0 Å². The normalized spacial score (nSPS) is 15.7. The molecule has 3 N–H and O–H groups in total. The van der Waals surface area contributed by atoms with Crippen LogP contribution in [0.4, 0.5) is 23.4 Å². The van der Waals surface area contributed by atoms with Gasteiger partial charge < -0.3 is 15.6 Å². The number of rotatable bonds is 5. The second kappa shape index (κ2) is 6.94. The van der Waals surface area contributed by atoms with E-state index in [2.05, 4.69) is 30.2 Å². The molecular weight excluding hydrogens is 394 g/mol. The molecule has 1 aliphatic carbocycles. The molecule has 3 aromatic rings. The van der Waals surface area contributed by atoms with Gasteiger partial charge in [0.2, 0.25) is 5.91 Å². The smallest absolute Gasteiger partial charge is 0.358 e. The number of carbonyl (C=O) groups excluding carboxylic acids is 1. The molecule has 8 nitrogen and oxygen atoms in total. The Labute approximate surface area is 161 Å². The molecule has 0 bridgehead atoms. The van der Waals surface area contributed by atoms with Gasteiger partial charge in [-0.2, -0.15) is 22.5 Å². The first kappa shape index (κ1) is 19.0. The average Bonchev–Trinajstić information content (AvgIpc) is 3.05. The summed E-state index contributed by atoms with van der Waals surface area (Å²) >= 11 is 0. The van der Waals surface area contributed by atoms with Crippen molar-refractivity contribution < 1.29 is 22.4 Å². The van der Waals surface area contributed by atoms with Crippen LogP contribution in [-0.2, 0) is 4.79 Å². The number of H-pyrrole nitrogens is 1. The fourth-order valence-electron chi connectivity index (χ4n) is 3.15. The molecule has 1 fully saturated rings. The summed E-state index contributed by atoms with van der Waals surface area (Å²) in [6.45, 7) is -1.40. The largest absolute Gasteiger partial charge is 0.405 e. The summed E-state index contributed by atoms with van der Waals surface area (Å²) < 4.78 is 50.7. The minimum absolute atomic E-state index is 0.213. The highest BCUT2D eigenvalue weighted by Crippen LogP contribution is 2.36. The van der Waals surface area contributed by atoms with Gasteiger partial charge in [-0.1, -0.05) is 0 Å². The van der Waals surface area contributed by atoms with Crippen molar-refractivity contribution >= 4 is 22.8 Å². The van der Waals surface area contributed by atoms with E-state index >= 15 is 0 Å². The molecule has 0 spiro atoms. The molecule has 0 saturated heterocycles. The van der Waals surface area contributed by atoms with Crippen LogP contribution in [0.3, 0.4) is 0 Å². The number of anilines is 1. The van der Waals surface area contributed by atoms with Crippen molar-refractivity contribution in [1.29, 1.82) is 0 Å². The fraction of sp³-hybridized carbons (Fsp3) is 0.353. The van der Waals surface area contributed by atoms with E-state index < -0.39 is 30.2 Å². The number of aromatic nitrogens is 5. The Balaban J connectivity index is 1.58. The summed E-state index contributed by atoms with van der Waals surface area (Å²) in [6.07, 6.45) is 0.329. The van der Waals surface area contributed by atoms with Crippen LogP contribution in [0.5, 0.6) is 0 Å². The first-order valence-electron chi connectivity index (χ1n) is 8.72. The molecule has 3 heterocycles. The van der Waals surface area contributed by atoms with Crippen molar-refractivity contribution in [1.82, 2.24) is 30.2 Å². The molecule has 1 amide bonds. The predicted molar refractivity (Wildman–Crippen MR) is 94.1 cm³/mol. The maximum absolute atomic E-state index is 13.4. The van der Waals surface area contributed by atoms with Crippen LogP contribution in [0.25, 0.3) is 22.4 Å². The number of alkyl halides is 3. The van der Waals surface area contributed by atoms with Gasteiger partial charge in [-0.05, 0) is 25.3 Å². The van der Waals surface area contributed by atoms with Crippen molar-refractivity contribution in [2.24, 2.45) is 0 Å². The van der Waals surface area contributed by atoms with Gasteiger partial charge in [0, 0.05) is 12.4 Å². The molecule has 29 heavy (non-hydrogen) atoms. The van der Waals surface area contributed by atoms with Crippen molar-refractivity contribution in [3.63, 3.8) is 0 Å². The number of nitrogens with one attached hydrogen (secondary N) is 3. The Bertz CT molecular complexity index is 1060. The number of hydrogen-bond acceptors (Lipinski definition) is 6. The fourth-order valence-corrected chi connectivity index (χ4v) is 3.15. The highest BCUT2D eigenvalue weighted by Gasteiger charge is 2.45. The van der Waals surface area contributed by atoms with Crippen LogP contribution in [-0.4, -0.2) is 49.1 Å². The maximum Gasteiger partial charge on any atom is 0.405 e. The number of hydrogen-bond donors (Lipinski definition) is 3. The third kappa shape index (κ3) is 3.82. The number of halogens is 4. The van der Waals surface area contributed by atoms with Crippen LogP contribution in [0.15, 0.2) is 24.7 Å². The van der Waals surface area contributed by atoms with Crippen molar-refractivity contribution in [2.45, 2.75) is 31.0 Å². The van der Waals surface area contributed by atoms with E-state index in [0.29, 0.717) is 30.3 Å². The van der Waals surface area contributed by atoms with Crippen LogP contribution >= 0.6 is 0 Å². The summed E-state index contributed by atoms with van der Waals surface area (Å²) in [5, 5.41) is 4.87. The third-order valence-corrected chi connectivity index (χ3v) is 4.74. The minimum atomic E-state index is -4.49. The Hall–Kier alpha value is -3.31. The molecule has 1 saturated carbocycles. The SMILES string of the molecule is O=C(NCC(F)(F)F)C1(Nc2ccnc(-c3c[nH]c4cnc(F)nc34)n2)CCC1. The van der Waals surface area contributed by atoms with E-state index in [-0.39, 0.29) is 17.2 Å². The molecule has 1 aliphatic rings.